The van der Waals surface area contributed by atoms with Gasteiger partial charge in [-0.25, -0.2) is 8.42 Å². The van der Waals surface area contributed by atoms with Crippen LogP contribution in [-0.2, 0) is 38.9 Å². The van der Waals surface area contributed by atoms with Gasteiger partial charge < -0.3 is 20.3 Å². The van der Waals surface area contributed by atoms with Gasteiger partial charge in [-0.15, -0.1) is 0 Å². The molecule has 0 radical (unpaired) electrons. The molecule has 2 aromatic rings. The quantitative estimate of drug-likeness (QED) is 0.373. The zero-order chi connectivity index (χ0) is 25.6. The minimum atomic E-state index is -3.74. The van der Waals surface area contributed by atoms with Crippen molar-refractivity contribution in [1.82, 2.24) is 9.21 Å². The molecule has 3 rings (SSSR count). The third-order valence-corrected chi connectivity index (χ3v) is 8.54. The van der Waals surface area contributed by atoms with E-state index in [1.54, 1.807) is 6.07 Å². The largest absolute Gasteiger partial charge is 0.508 e. The molecule has 0 aromatic heterocycles. The molecule has 11 heteroatoms. The van der Waals surface area contributed by atoms with E-state index in [0.29, 0.717) is 48.5 Å². The molecule has 35 heavy (non-hydrogen) atoms. The maximum Gasteiger partial charge on any atom is 0.242 e. The molecular weight excluding hydrogens is 513 g/mol. The van der Waals surface area contributed by atoms with Crippen LogP contribution in [0.5, 0.6) is 5.75 Å². The van der Waals surface area contributed by atoms with Gasteiger partial charge in [0.25, 0.3) is 0 Å². The Morgan fingerprint density at radius 3 is 2.49 bits per heavy atom. The molecule has 0 heterocycles. The number of phenols is 1. The van der Waals surface area contributed by atoms with Crippen LogP contribution < -0.4 is 5.73 Å². The summed E-state index contributed by atoms with van der Waals surface area (Å²) in [6.07, 6.45) is 1.55. The Morgan fingerprint density at radius 1 is 1.06 bits per heavy atom. The lowest BCUT2D eigenvalue weighted by molar-refractivity contribution is 0.0484. The van der Waals surface area contributed by atoms with Gasteiger partial charge in [0.2, 0.25) is 10.0 Å². The predicted molar refractivity (Wildman–Crippen MR) is 138 cm³/mol. The first kappa shape index (κ1) is 28.1. The number of aromatic hydroxyl groups is 1. The van der Waals surface area contributed by atoms with Crippen LogP contribution in [0.25, 0.3) is 0 Å². The first-order chi connectivity index (χ1) is 16.6. The minimum Gasteiger partial charge on any atom is -0.508 e. The number of hydrogen-bond acceptors (Lipinski definition) is 7. The van der Waals surface area contributed by atoms with Gasteiger partial charge in [-0.05, 0) is 61.3 Å². The van der Waals surface area contributed by atoms with Crippen molar-refractivity contribution in [3.8, 4) is 5.75 Å². The number of nitrogens with zero attached hydrogens (tertiary/aromatic N) is 2. The number of phenolic OH excluding ortho intramolecular Hbond substituents is 1. The molecule has 2 aromatic carbocycles. The number of likely N-dealkylation sites (N-methyl/N-ethyl adjacent to an activating group) is 2. The molecule has 1 atom stereocenters. The van der Waals surface area contributed by atoms with Gasteiger partial charge in [0.05, 0.1) is 31.3 Å². The second-order valence-corrected chi connectivity index (χ2v) is 11.5. The van der Waals surface area contributed by atoms with E-state index in [1.807, 2.05) is 13.1 Å². The van der Waals surface area contributed by atoms with Crippen molar-refractivity contribution in [2.24, 2.45) is 5.73 Å². The van der Waals surface area contributed by atoms with Crippen LogP contribution in [0.15, 0.2) is 35.2 Å². The van der Waals surface area contributed by atoms with Gasteiger partial charge in [0.1, 0.15) is 5.75 Å². The lowest BCUT2D eigenvalue weighted by Gasteiger charge is -2.25. The fourth-order valence-electron chi connectivity index (χ4n) is 4.09. The monoisotopic (exact) mass is 545 g/mol. The highest BCUT2D eigenvalue weighted by atomic mass is 35.5. The van der Waals surface area contributed by atoms with Crippen molar-refractivity contribution < 1.29 is 23.0 Å². The van der Waals surface area contributed by atoms with Gasteiger partial charge in [-0.1, -0.05) is 23.2 Å². The Kier molecular flexibility index (Phi) is 10.2. The van der Waals surface area contributed by atoms with Crippen molar-refractivity contribution >= 4 is 33.2 Å². The molecule has 0 fully saturated rings. The highest BCUT2D eigenvalue weighted by Gasteiger charge is 2.28. The van der Waals surface area contributed by atoms with Crippen LogP contribution in [0.2, 0.25) is 10.0 Å². The fraction of sp³-hybridized carbons (Fsp3) is 0.500. The van der Waals surface area contributed by atoms with E-state index in [2.05, 4.69) is 4.90 Å². The standard InChI is InChI=1S/C24H33Cl2N3O5S/c1-28(20-12-17-11-19(25)14-23(26)22(17)15-20)16-18-13-21(3-4-24(18)30)35(31,32)29(2)6-8-34-10-9-33-7-5-27/h3-4,11,13-14,20,30H,5-10,12,15-16,27H2,1-2H3/t20-/m1/s1. The fourth-order valence-corrected chi connectivity index (χ4v) is 5.90. The third kappa shape index (κ3) is 7.30. The predicted octanol–water partition coefficient (Wildman–Crippen LogP) is 2.91. The average molecular weight is 547 g/mol. The summed E-state index contributed by atoms with van der Waals surface area (Å²) in [6, 6.07) is 8.23. The van der Waals surface area contributed by atoms with Crippen molar-refractivity contribution in [3.63, 3.8) is 0 Å². The molecule has 0 unspecified atom stereocenters. The Balaban J connectivity index is 1.61. The number of fused-ring (bicyclic) bond motifs is 1. The Labute approximate surface area is 217 Å². The number of rotatable bonds is 13. The van der Waals surface area contributed by atoms with Gasteiger partial charge >= 0.3 is 0 Å². The Hall–Kier alpha value is -1.43. The summed E-state index contributed by atoms with van der Waals surface area (Å²) in [7, 11) is -0.286. The van der Waals surface area contributed by atoms with Crippen molar-refractivity contribution in [2.45, 2.75) is 30.3 Å². The Bertz CT molecular complexity index is 1120. The molecule has 0 spiro atoms. The summed E-state index contributed by atoms with van der Waals surface area (Å²) in [5, 5.41) is 11.7. The molecule has 194 valence electrons. The summed E-state index contributed by atoms with van der Waals surface area (Å²) in [5.41, 5.74) is 8.10. The van der Waals surface area contributed by atoms with E-state index >= 15 is 0 Å². The maximum absolute atomic E-state index is 13.1. The van der Waals surface area contributed by atoms with Gasteiger partial charge in [-0.3, -0.25) is 4.90 Å². The highest BCUT2D eigenvalue weighted by Crippen LogP contribution is 2.34. The molecule has 1 aliphatic rings. The van der Waals surface area contributed by atoms with Crippen LogP contribution in [0.4, 0.5) is 0 Å². The lowest BCUT2D eigenvalue weighted by atomic mass is 10.1. The summed E-state index contributed by atoms with van der Waals surface area (Å²) in [6.45, 7) is 2.51. The number of benzene rings is 2. The molecule has 3 N–H and O–H groups in total. The number of hydrogen-bond donors (Lipinski definition) is 2. The van der Waals surface area contributed by atoms with Crippen LogP contribution in [0, 0.1) is 0 Å². The third-order valence-electron chi connectivity index (χ3n) is 6.13. The summed E-state index contributed by atoms with van der Waals surface area (Å²) in [4.78, 5) is 2.22. The number of nitrogens with two attached hydrogens (primary N) is 1. The molecule has 0 amide bonds. The highest BCUT2D eigenvalue weighted by molar-refractivity contribution is 7.89. The van der Waals surface area contributed by atoms with Gasteiger partial charge in [-0.2, -0.15) is 4.31 Å². The summed E-state index contributed by atoms with van der Waals surface area (Å²) >= 11 is 12.5. The maximum atomic E-state index is 13.1. The summed E-state index contributed by atoms with van der Waals surface area (Å²) in [5.74, 6) is 0.0517. The van der Waals surface area contributed by atoms with Crippen LogP contribution in [0.1, 0.15) is 16.7 Å². The minimum absolute atomic E-state index is 0.0517. The second-order valence-electron chi connectivity index (χ2n) is 8.63. The molecule has 0 saturated heterocycles. The molecule has 0 saturated carbocycles. The lowest BCUT2D eigenvalue weighted by Crippen LogP contribution is -2.32. The van der Waals surface area contributed by atoms with E-state index in [1.165, 1.54) is 29.6 Å². The van der Waals surface area contributed by atoms with Gasteiger partial charge in [0, 0.05) is 48.3 Å². The number of ether oxygens (including phenoxy) is 2. The molecule has 1 aliphatic carbocycles. The van der Waals surface area contributed by atoms with E-state index in [9.17, 15) is 13.5 Å². The van der Waals surface area contributed by atoms with Crippen molar-refractivity contribution in [2.75, 3.05) is 53.6 Å². The second kappa shape index (κ2) is 12.7. The van der Waals surface area contributed by atoms with E-state index in [4.69, 9.17) is 38.4 Å². The molecule has 0 aliphatic heterocycles. The average Bonchev–Trinajstić information content (AvgIpc) is 3.24. The van der Waals surface area contributed by atoms with Crippen LogP contribution in [-0.4, -0.2) is 82.4 Å². The number of halogens is 2. The molecule has 8 nitrogen and oxygen atoms in total. The number of sulfonamides is 1. The Morgan fingerprint density at radius 2 is 1.77 bits per heavy atom. The zero-order valence-corrected chi connectivity index (χ0v) is 22.4. The molecular formula is C24H33Cl2N3O5S. The first-order valence-electron chi connectivity index (χ1n) is 11.4. The van der Waals surface area contributed by atoms with Crippen LogP contribution >= 0.6 is 23.2 Å². The van der Waals surface area contributed by atoms with Crippen LogP contribution in [0.3, 0.4) is 0 Å². The summed E-state index contributed by atoms with van der Waals surface area (Å²) < 4.78 is 38.1. The van der Waals surface area contributed by atoms with Crippen molar-refractivity contribution in [3.05, 3.63) is 57.1 Å². The topological polar surface area (TPSA) is 105 Å². The molecule has 0 bridgehead atoms. The van der Waals surface area contributed by atoms with E-state index in [-0.39, 0.29) is 29.8 Å². The van der Waals surface area contributed by atoms with E-state index in [0.717, 1.165) is 24.0 Å². The normalized spacial score (nSPS) is 15.8. The van der Waals surface area contributed by atoms with Gasteiger partial charge in [0.15, 0.2) is 0 Å². The zero-order valence-electron chi connectivity index (χ0n) is 20.0. The first-order valence-corrected chi connectivity index (χ1v) is 13.6. The SMILES string of the molecule is CN(Cc1cc(S(=O)(=O)N(C)CCOCCOCCN)ccc1O)[C@@H]1Cc2cc(Cl)cc(Cl)c2C1. The smallest absolute Gasteiger partial charge is 0.242 e. The van der Waals surface area contributed by atoms with E-state index < -0.39 is 10.0 Å². The van der Waals surface area contributed by atoms with Crippen molar-refractivity contribution in [1.29, 1.82) is 0 Å².